The van der Waals surface area contributed by atoms with E-state index >= 15 is 0 Å². The Balaban J connectivity index is 1.47. The van der Waals surface area contributed by atoms with Crippen molar-refractivity contribution in [3.05, 3.63) is 70.4 Å². The minimum atomic E-state index is -1.23. The number of carbonyl (C=O) groups excluding carboxylic acids is 5. The highest BCUT2D eigenvalue weighted by molar-refractivity contribution is 7.21. The van der Waals surface area contributed by atoms with E-state index in [1.165, 1.54) is 22.7 Å². The van der Waals surface area contributed by atoms with E-state index in [4.69, 9.17) is 11.1 Å². The monoisotopic (exact) mass is 692 g/mol. The van der Waals surface area contributed by atoms with Crippen LogP contribution in [0.5, 0.6) is 0 Å². The highest BCUT2D eigenvalue weighted by atomic mass is 32.1. The summed E-state index contributed by atoms with van der Waals surface area (Å²) >= 11 is 2.56. The number of carbonyl (C=O) groups is 5. The fraction of sp³-hybridized carbons (Fsp3) is 0.333. The van der Waals surface area contributed by atoms with Crippen molar-refractivity contribution in [1.82, 2.24) is 31.9 Å². The summed E-state index contributed by atoms with van der Waals surface area (Å²) in [5.74, 6) is -2.79. The van der Waals surface area contributed by atoms with Crippen LogP contribution in [0.15, 0.2) is 60.7 Å². The van der Waals surface area contributed by atoms with Crippen LogP contribution in [0.2, 0.25) is 0 Å². The Morgan fingerprint density at radius 2 is 1.31 bits per heavy atom. The van der Waals surface area contributed by atoms with Gasteiger partial charge in [-0.15, -0.1) is 22.7 Å². The molecule has 2 aromatic heterocycles. The smallest absolute Gasteiger partial charge is 0.262 e. The summed E-state index contributed by atoms with van der Waals surface area (Å²) in [6, 6.07) is 16.2. The van der Waals surface area contributed by atoms with Crippen LogP contribution in [0.1, 0.15) is 52.5 Å². The SMILES string of the molecule is CCC(C)NC(=O)CNC(=O)[C@H](CNC(=O)[C@H](CCCNC(=N)N)NC(=O)c1cc2ccccc2s1)NC(=O)c1cc2ccccc2s1. The lowest BCUT2D eigenvalue weighted by Crippen LogP contribution is -2.56. The van der Waals surface area contributed by atoms with Gasteiger partial charge in [-0.3, -0.25) is 29.4 Å². The zero-order valence-electron chi connectivity index (χ0n) is 26.7. The molecule has 0 aliphatic heterocycles. The third kappa shape index (κ3) is 10.2. The zero-order valence-corrected chi connectivity index (χ0v) is 28.3. The molecule has 4 aromatic rings. The van der Waals surface area contributed by atoms with Crippen LogP contribution in [-0.4, -0.2) is 73.3 Å². The van der Waals surface area contributed by atoms with Crippen LogP contribution < -0.4 is 37.6 Å². The van der Waals surface area contributed by atoms with Crippen molar-refractivity contribution in [2.45, 2.75) is 51.2 Å². The van der Waals surface area contributed by atoms with Crippen molar-refractivity contribution < 1.29 is 24.0 Å². The minimum absolute atomic E-state index is 0.0810. The van der Waals surface area contributed by atoms with Gasteiger partial charge in [-0.2, -0.15) is 0 Å². The van der Waals surface area contributed by atoms with Crippen LogP contribution in [-0.2, 0) is 14.4 Å². The van der Waals surface area contributed by atoms with Crippen molar-refractivity contribution >= 4 is 78.3 Å². The first kappa shape index (κ1) is 35.8. The van der Waals surface area contributed by atoms with Gasteiger partial charge in [-0.1, -0.05) is 43.3 Å². The number of nitrogens with one attached hydrogen (secondary N) is 7. The molecule has 4 rings (SSSR count). The normalized spacial score (nSPS) is 12.8. The lowest BCUT2D eigenvalue weighted by Gasteiger charge is -2.22. The molecule has 2 heterocycles. The summed E-state index contributed by atoms with van der Waals surface area (Å²) in [7, 11) is 0. The second-order valence-electron chi connectivity index (χ2n) is 11.2. The molecular formula is C33H40N8O5S2. The Morgan fingerprint density at radius 3 is 1.85 bits per heavy atom. The molecule has 0 spiro atoms. The molecular weight excluding hydrogens is 653 g/mol. The van der Waals surface area contributed by atoms with Gasteiger partial charge in [0.15, 0.2) is 5.96 Å². The quantitative estimate of drug-likeness (QED) is 0.0499. The predicted molar refractivity (Wildman–Crippen MR) is 189 cm³/mol. The van der Waals surface area contributed by atoms with E-state index in [1.54, 1.807) is 12.1 Å². The summed E-state index contributed by atoms with van der Waals surface area (Å²) < 4.78 is 1.82. The van der Waals surface area contributed by atoms with Crippen molar-refractivity contribution in [3.63, 3.8) is 0 Å². The Morgan fingerprint density at radius 1 is 0.771 bits per heavy atom. The van der Waals surface area contributed by atoms with E-state index in [-0.39, 0.29) is 37.4 Å². The maximum Gasteiger partial charge on any atom is 0.262 e. The molecule has 0 bridgehead atoms. The van der Waals surface area contributed by atoms with Crippen molar-refractivity contribution in [3.8, 4) is 0 Å². The predicted octanol–water partition coefficient (Wildman–Crippen LogP) is 2.42. The third-order valence-corrected chi connectivity index (χ3v) is 9.68. The number of nitrogens with two attached hydrogens (primary N) is 1. The largest absolute Gasteiger partial charge is 0.370 e. The number of fused-ring (bicyclic) bond motifs is 2. The number of thiophene rings is 2. The lowest BCUT2D eigenvalue weighted by molar-refractivity contribution is -0.128. The molecule has 0 saturated heterocycles. The van der Waals surface area contributed by atoms with E-state index < -0.39 is 35.7 Å². The number of rotatable bonds is 16. The van der Waals surface area contributed by atoms with Crippen molar-refractivity contribution in [1.29, 1.82) is 5.41 Å². The molecule has 13 nitrogen and oxygen atoms in total. The molecule has 0 fully saturated rings. The number of hydrogen-bond acceptors (Lipinski definition) is 8. The van der Waals surface area contributed by atoms with Gasteiger partial charge >= 0.3 is 0 Å². The fourth-order valence-corrected chi connectivity index (χ4v) is 6.63. The van der Waals surface area contributed by atoms with Crippen LogP contribution >= 0.6 is 22.7 Å². The van der Waals surface area contributed by atoms with Crippen LogP contribution in [0.25, 0.3) is 20.2 Å². The second-order valence-corrected chi connectivity index (χ2v) is 13.3. The number of amides is 5. The van der Waals surface area contributed by atoms with Crippen LogP contribution in [0.3, 0.4) is 0 Å². The Hall–Kier alpha value is -5.02. The van der Waals surface area contributed by atoms with E-state index in [1.807, 2.05) is 62.4 Å². The highest BCUT2D eigenvalue weighted by Crippen LogP contribution is 2.26. The average Bonchev–Trinajstić information content (AvgIpc) is 3.71. The van der Waals surface area contributed by atoms with Gasteiger partial charge in [-0.05, 0) is 61.2 Å². The molecule has 0 saturated carbocycles. The molecule has 2 aromatic carbocycles. The molecule has 9 N–H and O–H groups in total. The lowest BCUT2D eigenvalue weighted by atomic mass is 10.1. The molecule has 1 unspecified atom stereocenters. The van der Waals surface area contributed by atoms with Gasteiger partial charge in [0.1, 0.15) is 12.1 Å². The third-order valence-electron chi connectivity index (χ3n) is 7.45. The maximum absolute atomic E-state index is 13.5. The molecule has 15 heteroatoms. The summed E-state index contributed by atoms with van der Waals surface area (Å²) in [6.07, 6.45) is 1.30. The summed E-state index contributed by atoms with van der Waals surface area (Å²) in [5, 5.41) is 25.3. The van der Waals surface area contributed by atoms with E-state index in [0.717, 1.165) is 20.2 Å². The molecule has 48 heavy (non-hydrogen) atoms. The zero-order chi connectivity index (χ0) is 34.6. The van der Waals surface area contributed by atoms with Gasteiger partial charge in [-0.25, -0.2) is 0 Å². The second kappa shape index (κ2) is 17.2. The fourth-order valence-electron chi connectivity index (χ4n) is 4.70. The van der Waals surface area contributed by atoms with E-state index in [0.29, 0.717) is 29.1 Å². The van der Waals surface area contributed by atoms with E-state index in [9.17, 15) is 24.0 Å². The average molecular weight is 693 g/mol. The first-order valence-electron chi connectivity index (χ1n) is 15.6. The summed E-state index contributed by atoms with van der Waals surface area (Å²) in [6.45, 7) is 3.44. The molecule has 0 aliphatic carbocycles. The van der Waals surface area contributed by atoms with Crippen LogP contribution in [0.4, 0.5) is 0 Å². The van der Waals surface area contributed by atoms with Crippen molar-refractivity contribution in [2.24, 2.45) is 5.73 Å². The van der Waals surface area contributed by atoms with Gasteiger partial charge in [0.2, 0.25) is 17.7 Å². The first-order chi connectivity index (χ1) is 23.0. The first-order valence-corrected chi connectivity index (χ1v) is 17.2. The summed E-state index contributed by atoms with van der Waals surface area (Å²) in [4.78, 5) is 66.4. The number of hydrogen-bond donors (Lipinski definition) is 8. The van der Waals surface area contributed by atoms with Crippen molar-refractivity contribution in [2.75, 3.05) is 19.6 Å². The number of guanidine groups is 1. The Kier molecular flexibility index (Phi) is 12.9. The van der Waals surface area contributed by atoms with Gasteiger partial charge in [0.25, 0.3) is 11.8 Å². The highest BCUT2D eigenvalue weighted by Gasteiger charge is 2.27. The van der Waals surface area contributed by atoms with Gasteiger partial charge in [0, 0.05) is 28.5 Å². The van der Waals surface area contributed by atoms with Crippen LogP contribution in [0, 0.1) is 5.41 Å². The molecule has 0 radical (unpaired) electrons. The maximum atomic E-state index is 13.5. The van der Waals surface area contributed by atoms with Gasteiger partial charge < -0.3 is 37.6 Å². The standard InChI is InChI=1S/C33H40N8O5S2/c1-3-19(2)39-28(42)18-38-30(44)23(41-32(46)27-16-21-10-5-7-13-25(21)48-27)17-37-29(43)22(11-8-14-36-33(34)35)40-31(45)26-15-20-9-4-6-12-24(20)47-26/h4-7,9-10,12-13,15-16,19,22-23H,3,8,11,14,17-18H2,1-2H3,(H,37,43)(H,38,44)(H,39,42)(H,40,45)(H,41,46)(H4,34,35,36)/t19?,22-,23-/m0/s1. The summed E-state index contributed by atoms with van der Waals surface area (Å²) in [5.41, 5.74) is 5.38. The number of benzene rings is 2. The Labute approximate surface area is 285 Å². The molecule has 5 amide bonds. The Bertz CT molecular complexity index is 1720. The topological polar surface area (TPSA) is 207 Å². The van der Waals surface area contributed by atoms with Gasteiger partial charge in [0.05, 0.1) is 16.3 Å². The minimum Gasteiger partial charge on any atom is -0.370 e. The van der Waals surface area contributed by atoms with E-state index in [2.05, 4.69) is 31.9 Å². The molecule has 254 valence electrons. The molecule has 3 atom stereocenters. The molecule has 0 aliphatic rings.